The first kappa shape index (κ1) is 9.23. The Labute approximate surface area is 88.2 Å². The van der Waals surface area contributed by atoms with Crippen molar-refractivity contribution in [2.75, 3.05) is 0 Å². The Bertz CT molecular complexity index is 477. The first-order valence-corrected chi connectivity index (χ1v) is 4.95. The van der Waals surface area contributed by atoms with Gasteiger partial charge in [-0.25, -0.2) is 4.79 Å². The number of halogens is 1. The molecule has 0 amide bonds. The predicted octanol–water partition coefficient (Wildman–Crippen LogP) is 2.49. The van der Waals surface area contributed by atoms with Gasteiger partial charge in [-0.15, -0.1) is 11.3 Å². The number of hydrogen-bond acceptors (Lipinski definition) is 3. The number of carbonyl (C=O) groups is 1. The van der Waals surface area contributed by atoms with Crippen molar-refractivity contribution in [3.8, 4) is 11.3 Å². The van der Waals surface area contributed by atoms with Crippen LogP contribution >= 0.6 is 22.9 Å². The van der Waals surface area contributed by atoms with Gasteiger partial charge in [0.1, 0.15) is 5.56 Å². The highest BCUT2D eigenvalue weighted by Gasteiger charge is 2.14. The minimum Gasteiger partial charge on any atom is -0.478 e. The summed E-state index contributed by atoms with van der Waals surface area (Å²) in [4.78, 5) is 10.8. The molecule has 0 radical (unpaired) electrons. The molecule has 0 atom stereocenters. The van der Waals surface area contributed by atoms with Crippen molar-refractivity contribution in [1.82, 2.24) is 10.2 Å². The number of carboxylic acid groups (broad SMARTS) is 1. The van der Waals surface area contributed by atoms with Crippen LogP contribution in [0.5, 0.6) is 0 Å². The molecule has 72 valence electrons. The molecule has 0 aliphatic carbocycles. The molecule has 0 bridgehead atoms. The molecule has 2 heterocycles. The summed E-state index contributed by atoms with van der Waals surface area (Å²) in [5.41, 5.74) is 1.38. The third-order valence-corrected chi connectivity index (χ3v) is 2.82. The van der Waals surface area contributed by atoms with E-state index in [0.717, 1.165) is 5.56 Å². The highest BCUT2D eigenvalue weighted by Crippen LogP contribution is 2.29. The zero-order valence-electron chi connectivity index (χ0n) is 6.82. The van der Waals surface area contributed by atoms with Crippen LogP contribution in [-0.4, -0.2) is 21.3 Å². The van der Waals surface area contributed by atoms with Gasteiger partial charge in [-0.1, -0.05) is 11.6 Å². The van der Waals surface area contributed by atoms with Crippen molar-refractivity contribution in [1.29, 1.82) is 0 Å². The first-order valence-electron chi connectivity index (χ1n) is 3.69. The largest absolute Gasteiger partial charge is 0.478 e. The lowest BCUT2D eigenvalue weighted by Crippen LogP contribution is -1.95. The van der Waals surface area contributed by atoms with Crippen LogP contribution in [0, 0.1) is 0 Å². The van der Waals surface area contributed by atoms with Crippen LogP contribution < -0.4 is 0 Å². The molecular weight excluding hydrogens is 224 g/mol. The van der Waals surface area contributed by atoms with E-state index in [2.05, 4.69) is 10.2 Å². The zero-order valence-corrected chi connectivity index (χ0v) is 8.39. The summed E-state index contributed by atoms with van der Waals surface area (Å²) in [6, 6.07) is 1.70. The van der Waals surface area contributed by atoms with Gasteiger partial charge in [-0.05, 0) is 6.07 Å². The molecule has 0 unspecified atom stereocenters. The van der Waals surface area contributed by atoms with Crippen LogP contribution in [0.3, 0.4) is 0 Å². The Kier molecular flexibility index (Phi) is 2.26. The molecule has 0 saturated carbocycles. The predicted molar refractivity (Wildman–Crippen MR) is 53.9 cm³/mol. The number of aromatic nitrogens is 2. The molecule has 0 aliphatic rings. The maximum absolute atomic E-state index is 10.8. The Hall–Kier alpha value is -1.33. The van der Waals surface area contributed by atoms with Crippen molar-refractivity contribution in [2.45, 2.75) is 0 Å². The summed E-state index contributed by atoms with van der Waals surface area (Å²) in [7, 11) is 0. The number of aromatic amines is 1. The molecule has 14 heavy (non-hydrogen) atoms. The molecule has 2 N–H and O–H groups in total. The average molecular weight is 229 g/mol. The second kappa shape index (κ2) is 3.43. The molecule has 0 saturated heterocycles. The van der Waals surface area contributed by atoms with Gasteiger partial charge in [0.05, 0.1) is 16.2 Å². The van der Waals surface area contributed by atoms with Crippen molar-refractivity contribution in [3.63, 3.8) is 0 Å². The number of thiophene rings is 1. The van der Waals surface area contributed by atoms with Gasteiger partial charge >= 0.3 is 5.97 Å². The van der Waals surface area contributed by atoms with Gasteiger partial charge in [0.25, 0.3) is 0 Å². The Balaban J connectivity index is 2.51. The highest BCUT2D eigenvalue weighted by atomic mass is 35.5. The molecular formula is C8H5ClN2O2S. The molecule has 2 rings (SSSR count). The molecule has 0 fully saturated rings. The molecule has 0 aromatic carbocycles. The second-order valence-electron chi connectivity index (χ2n) is 2.60. The van der Waals surface area contributed by atoms with Gasteiger partial charge in [0.15, 0.2) is 0 Å². The Morgan fingerprint density at radius 2 is 2.43 bits per heavy atom. The van der Waals surface area contributed by atoms with Crippen LogP contribution in [0.1, 0.15) is 10.4 Å². The zero-order chi connectivity index (χ0) is 10.1. The lowest BCUT2D eigenvalue weighted by atomic mass is 10.1. The summed E-state index contributed by atoms with van der Waals surface area (Å²) in [6.07, 6.45) is 1.28. The third kappa shape index (κ3) is 1.51. The van der Waals surface area contributed by atoms with E-state index in [9.17, 15) is 4.79 Å². The van der Waals surface area contributed by atoms with E-state index >= 15 is 0 Å². The summed E-state index contributed by atoms with van der Waals surface area (Å²) >= 11 is 7.09. The number of nitrogens with zero attached hydrogens (tertiary/aromatic N) is 1. The number of H-pyrrole nitrogens is 1. The van der Waals surface area contributed by atoms with Gasteiger partial charge in [-0.3, -0.25) is 5.10 Å². The van der Waals surface area contributed by atoms with Crippen LogP contribution in [0.15, 0.2) is 17.6 Å². The second-order valence-corrected chi connectivity index (χ2v) is 4.15. The molecule has 2 aromatic heterocycles. The summed E-state index contributed by atoms with van der Waals surface area (Å²) < 4.78 is 0.617. The van der Waals surface area contributed by atoms with Crippen molar-refractivity contribution in [2.24, 2.45) is 0 Å². The number of hydrogen-bond donors (Lipinski definition) is 2. The number of aromatic carboxylic acids is 1. The van der Waals surface area contributed by atoms with E-state index < -0.39 is 5.97 Å². The summed E-state index contributed by atoms with van der Waals surface area (Å²) in [6.45, 7) is 0. The first-order chi connectivity index (χ1) is 6.68. The number of nitrogens with one attached hydrogen (secondary N) is 1. The quantitative estimate of drug-likeness (QED) is 0.830. The minimum atomic E-state index is -1.00. The third-order valence-electron chi connectivity index (χ3n) is 1.73. The van der Waals surface area contributed by atoms with E-state index in [1.807, 2.05) is 0 Å². The maximum atomic E-state index is 10.8. The molecule has 0 spiro atoms. The summed E-state index contributed by atoms with van der Waals surface area (Å²) in [5, 5.41) is 16.9. The van der Waals surface area contributed by atoms with Crippen molar-refractivity contribution in [3.05, 3.63) is 27.5 Å². The van der Waals surface area contributed by atoms with Gasteiger partial charge in [-0.2, -0.15) is 5.10 Å². The normalized spacial score (nSPS) is 10.4. The fourth-order valence-corrected chi connectivity index (χ4v) is 1.98. The molecule has 4 nitrogen and oxygen atoms in total. The monoisotopic (exact) mass is 228 g/mol. The lowest BCUT2D eigenvalue weighted by molar-refractivity contribution is 0.0698. The SMILES string of the molecule is O=C(O)c1cn[nH]c1-c1csc(Cl)c1. The lowest BCUT2D eigenvalue weighted by Gasteiger charge is -1.93. The average Bonchev–Trinajstić information content (AvgIpc) is 2.70. The van der Waals surface area contributed by atoms with Crippen LogP contribution in [0.4, 0.5) is 0 Å². The van der Waals surface area contributed by atoms with Crippen LogP contribution in [0.25, 0.3) is 11.3 Å². The van der Waals surface area contributed by atoms with Gasteiger partial charge in [0, 0.05) is 10.9 Å². The maximum Gasteiger partial charge on any atom is 0.339 e. The van der Waals surface area contributed by atoms with Gasteiger partial charge < -0.3 is 5.11 Å². The van der Waals surface area contributed by atoms with Crippen LogP contribution in [-0.2, 0) is 0 Å². The van der Waals surface area contributed by atoms with Crippen molar-refractivity contribution < 1.29 is 9.90 Å². The minimum absolute atomic E-state index is 0.152. The van der Waals surface area contributed by atoms with E-state index in [1.165, 1.54) is 17.5 Å². The number of rotatable bonds is 2. The summed E-state index contributed by atoms with van der Waals surface area (Å²) in [5.74, 6) is -1.00. The molecule has 2 aromatic rings. The fraction of sp³-hybridized carbons (Fsp3) is 0. The van der Waals surface area contributed by atoms with E-state index in [0.29, 0.717) is 10.0 Å². The van der Waals surface area contributed by atoms with E-state index in [-0.39, 0.29) is 5.56 Å². The van der Waals surface area contributed by atoms with E-state index in [4.69, 9.17) is 16.7 Å². The molecule has 0 aliphatic heterocycles. The Morgan fingerprint density at radius 3 is 3.00 bits per heavy atom. The number of carboxylic acids is 1. The smallest absolute Gasteiger partial charge is 0.339 e. The van der Waals surface area contributed by atoms with E-state index in [1.54, 1.807) is 11.4 Å². The van der Waals surface area contributed by atoms with Crippen molar-refractivity contribution >= 4 is 28.9 Å². The van der Waals surface area contributed by atoms with Gasteiger partial charge in [0.2, 0.25) is 0 Å². The topological polar surface area (TPSA) is 66.0 Å². The molecule has 6 heteroatoms. The standard InChI is InChI=1S/C8H5ClN2O2S/c9-6-1-4(3-14-6)7-5(8(12)13)2-10-11-7/h1-3H,(H,10,11)(H,12,13). The highest BCUT2D eigenvalue weighted by molar-refractivity contribution is 7.14. The Morgan fingerprint density at radius 1 is 1.64 bits per heavy atom. The fourth-order valence-electron chi connectivity index (χ4n) is 1.11. The van der Waals surface area contributed by atoms with Crippen LogP contribution in [0.2, 0.25) is 4.34 Å².